The monoisotopic (exact) mass is 251 g/mol. The smallest absolute Gasteiger partial charge is 0.0860 e. The van der Waals surface area contributed by atoms with Gasteiger partial charge in [-0.1, -0.05) is 26.2 Å². The highest BCUT2D eigenvalue weighted by molar-refractivity contribution is 4.82. The normalized spacial score (nSPS) is 26.1. The maximum absolute atomic E-state index is 9.99. The summed E-state index contributed by atoms with van der Waals surface area (Å²) >= 11 is 0. The minimum absolute atomic E-state index is 0.357. The van der Waals surface area contributed by atoms with E-state index in [9.17, 15) is 5.11 Å². The molecule has 4 heteroatoms. The lowest BCUT2D eigenvalue weighted by Crippen LogP contribution is -2.42. The van der Waals surface area contributed by atoms with Crippen molar-refractivity contribution >= 4 is 0 Å². The summed E-state index contributed by atoms with van der Waals surface area (Å²) in [5.41, 5.74) is 0. The highest BCUT2D eigenvalue weighted by Gasteiger charge is 2.23. The van der Waals surface area contributed by atoms with Crippen molar-refractivity contribution in [3.63, 3.8) is 0 Å². The first kappa shape index (κ1) is 13.6. The van der Waals surface area contributed by atoms with Crippen molar-refractivity contribution < 1.29 is 5.11 Å². The van der Waals surface area contributed by atoms with E-state index in [0.29, 0.717) is 19.1 Å². The third-order valence-electron chi connectivity index (χ3n) is 4.01. The van der Waals surface area contributed by atoms with Gasteiger partial charge in [0.1, 0.15) is 0 Å². The fourth-order valence-electron chi connectivity index (χ4n) is 2.94. The molecule has 102 valence electrons. The number of hydrogen-bond acceptors (Lipinski definition) is 3. The van der Waals surface area contributed by atoms with Crippen LogP contribution in [0.1, 0.15) is 39.0 Å². The predicted octanol–water partition coefficient (Wildman–Crippen LogP) is 1.80. The molecule has 0 amide bonds. The van der Waals surface area contributed by atoms with E-state index in [1.54, 1.807) is 10.9 Å². The summed E-state index contributed by atoms with van der Waals surface area (Å²) in [6.07, 6.45) is 9.80. The lowest BCUT2D eigenvalue weighted by molar-refractivity contribution is 0.132. The molecule has 2 N–H and O–H groups in total. The Morgan fingerprint density at radius 2 is 2.28 bits per heavy atom. The third kappa shape index (κ3) is 3.82. The Labute approximate surface area is 109 Å². The first-order chi connectivity index (χ1) is 8.79. The molecule has 3 atom stereocenters. The zero-order chi connectivity index (χ0) is 12.8. The standard InChI is InChI=1S/C14H25N3O/c1-2-12-6-3-4-7-14(12)15-10-13(18)11-17-9-5-8-16-17/h5,8-9,12-15,18H,2-4,6-7,10-11H2,1H3. The van der Waals surface area contributed by atoms with Gasteiger partial charge in [-0.15, -0.1) is 0 Å². The molecule has 1 aromatic rings. The second kappa shape index (κ2) is 6.90. The summed E-state index contributed by atoms with van der Waals surface area (Å²) in [6.45, 7) is 3.51. The van der Waals surface area contributed by atoms with E-state index in [4.69, 9.17) is 0 Å². The molecule has 4 nitrogen and oxygen atoms in total. The maximum atomic E-state index is 9.99. The fourth-order valence-corrected chi connectivity index (χ4v) is 2.94. The lowest BCUT2D eigenvalue weighted by atomic mass is 9.83. The van der Waals surface area contributed by atoms with Gasteiger partial charge in [0.25, 0.3) is 0 Å². The summed E-state index contributed by atoms with van der Waals surface area (Å²) in [5.74, 6) is 0.788. The second-order valence-corrected chi connectivity index (χ2v) is 5.35. The van der Waals surface area contributed by atoms with Crippen LogP contribution in [0, 0.1) is 5.92 Å². The van der Waals surface area contributed by atoms with E-state index in [-0.39, 0.29) is 6.10 Å². The number of aliphatic hydroxyl groups is 1. The zero-order valence-corrected chi connectivity index (χ0v) is 11.3. The fraction of sp³-hybridized carbons (Fsp3) is 0.786. The molecule has 0 aliphatic heterocycles. The maximum Gasteiger partial charge on any atom is 0.0860 e. The van der Waals surface area contributed by atoms with Gasteiger partial charge in [0.2, 0.25) is 0 Å². The van der Waals surface area contributed by atoms with Gasteiger partial charge in [-0.25, -0.2) is 0 Å². The predicted molar refractivity (Wildman–Crippen MR) is 72.3 cm³/mol. The lowest BCUT2D eigenvalue weighted by Gasteiger charge is -2.32. The molecule has 3 unspecified atom stereocenters. The molecule has 2 rings (SSSR count). The zero-order valence-electron chi connectivity index (χ0n) is 11.3. The molecule has 0 radical (unpaired) electrons. The molecular formula is C14H25N3O. The molecule has 1 saturated carbocycles. The molecular weight excluding hydrogens is 226 g/mol. The number of aromatic nitrogens is 2. The van der Waals surface area contributed by atoms with E-state index >= 15 is 0 Å². The molecule has 1 fully saturated rings. The summed E-state index contributed by atoms with van der Waals surface area (Å²) in [5, 5.41) is 17.6. The minimum Gasteiger partial charge on any atom is -0.390 e. The number of aliphatic hydroxyl groups excluding tert-OH is 1. The van der Waals surface area contributed by atoms with Crippen LogP contribution in [0.4, 0.5) is 0 Å². The molecule has 18 heavy (non-hydrogen) atoms. The van der Waals surface area contributed by atoms with E-state index in [2.05, 4.69) is 17.3 Å². The Morgan fingerprint density at radius 1 is 1.44 bits per heavy atom. The number of rotatable bonds is 6. The van der Waals surface area contributed by atoms with Gasteiger partial charge in [0.15, 0.2) is 0 Å². The van der Waals surface area contributed by atoms with Gasteiger partial charge in [-0.2, -0.15) is 5.10 Å². The first-order valence-electron chi connectivity index (χ1n) is 7.18. The van der Waals surface area contributed by atoms with Gasteiger partial charge in [-0.3, -0.25) is 4.68 Å². The van der Waals surface area contributed by atoms with Gasteiger partial charge in [0.05, 0.1) is 12.6 Å². The van der Waals surface area contributed by atoms with Crippen LogP contribution in [-0.4, -0.2) is 33.6 Å². The van der Waals surface area contributed by atoms with E-state index in [1.807, 2.05) is 12.3 Å². The van der Waals surface area contributed by atoms with Crippen LogP contribution < -0.4 is 5.32 Å². The summed E-state index contributed by atoms with van der Waals surface area (Å²) < 4.78 is 1.78. The van der Waals surface area contributed by atoms with E-state index in [0.717, 1.165) is 5.92 Å². The van der Waals surface area contributed by atoms with Crippen molar-refractivity contribution in [1.29, 1.82) is 0 Å². The van der Waals surface area contributed by atoms with Crippen molar-refractivity contribution in [2.24, 2.45) is 5.92 Å². The minimum atomic E-state index is -0.357. The quantitative estimate of drug-likeness (QED) is 0.810. The largest absolute Gasteiger partial charge is 0.390 e. The molecule has 1 aliphatic carbocycles. The molecule has 1 aliphatic rings. The van der Waals surface area contributed by atoms with Gasteiger partial charge in [-0.05, 0) is 24.8 Å². The van der Waals surface area contributed by atoms with Crippen LogP contribution in [0.2, 0.25) is 0 Å². The number of nitrogens with one attached hydrogen (secondary N) is 1. The summed E-state index contributed by atoms with van der Waals surface area (Å²) in [4.78, 5) is 0. The van der Waals surface area contributed by atoms with Crippen LogP contribution in [0.15, 0.2) is 18.5 Å². The highest BCUT2D eigenvalue weighted by Crippen LogP contribution is 2.26. The number of hydrogen-bond donors (Lipinski definition) is 2. The molecule has 1 heterocycles. The molecule has 0 aromatic carbocycles. The Bertz CT molecular complexity index is 326. The average Bonchev–Trinajstić information content (AvgIpc) is 2.89. The van der Waals surface area contributed by atoms with Crippen LogP contribution in [0.3, 0.4) is 0 Å². The third-order valence-corrected chi connectivity index (χ3v) is 4.01. The van der Waals surface area contributed by atoms with Gasteiger partial charge >= 0.3 is 0 Å². The Kier molecular flexibility index (Phi) is 5.20. The highest BCUT2D eigenvalue weighted by atomic mass is 16.3. The van der Waals surface area contributed by atoms with E-state index < -0.39 is 0 Å². The Balaban J connectivity index is 1.72. The van der Waals surface area contributed by atoms with Crippen LogP contribution in [-0.2, 0) is 6.54 Å². The summed E-state index contributed by atoms with van der Waals surface area (Å²) in [6, 6.07) is 2.48. The Hall–Kier alpha value is -0.870. The van der Waals surface area contributed by atoms with Gasteiger partial charge in [0, 0.05) is 25.0 Å². The average molecular weight is 251 g/mol. The second-order valence-electron chi connectivity index (χ2n) is 5.35. The number of nitrogens with zero attached hydrogens (tertiary/aromatic N) is 2. The molecule has 0 bridgehead atoms. The summed E-state index contributed by atoms with van der Waals surface area (Å²) in [7, 11) is 0. The Morgan fingerprint density at radius 3 is 3.00 bits per heavy atom. The first-order valence-corrected chi connectivity index (χ1v) is 7.18. The van der Waals surface area contributed by atoms with Crippen molar-refractivity contribution in [2.45, 2.75) is 57.7 Å². The SMILES string of the molecule is CCC1CCCCC1NCC(O)Cn1cccn1. The molecule has 0 spiro atoms. The van der Waals surface area contributed by atoms with Crippen LogP contribution >= 0.6 is 0 Å². The van der Waals surface area contributed by atoms with Crippen molar-refractivity contribution in [1.82, 2.24) is 15.1 Å². The van der Waals surface area contributed by atoms with Crippen LogP contribution in [0.5, 0.6) is 0 Å². The van der Waals surface area contributed by atoms with Crippen molar-refractivity contribution in [2.75, 3.05) is 6.54 Å². The van der Waals surface area contributed by atoms with Crippen molar-refractivity contribution in [3.05, 3.63) is 18.5 Å². The molecule has 1 aromatic heterocycles. The topological polar surface area (TPSA) is 50.1 Å². The van der Waals surface area contributed by atoms with Gasteiger partial charge < -0.3 is 10.4 Å². The van der Waals surface area contributed by atoms with Crippen molar-refractivity contribution in [3.8, 4) is 0 Å². The molecule has 0 saturated heterocycles. The van der Waals surface area contributed by atoms with Crippen LogP contribution in [0.25, 0.3) is 0 Å². The van der Waals surface area contributed by atoms with E-state index in [1.165, 1.54) is 32.1 Å².